The fraction of sp³-hybridized carbons (Fsp3) is 0.0769. The van der Waals surface area contributed by atoms with Gasteiger partial charge in [-0.3, -0.25) is 4.79 Å². The number of anilines is 1. The molecule has 0 bridgehead atoms. The van der Waals surface area contributed by atoms with E-state index in [4.69, 9.17) is 28.3 Å². The number of carboxylic acid groups (broad SMARTS) is 1. The number of aromatic carboxylic acids is 1. The third-order valence-corrected chi connectivity index (χ3v) is 4.42. The van der Waals surface area contributed by atoms with Crippen molar-refractivity contribution >= 4 is 52.1 Å². The Morgan fingerprint density at radius 3 is 2.50 bits per heavy atom. The minimum absolute atomic E-state index is 0.00116. The average Bonchev–Trinajstić information content (AvgIpc) is 2.69. The molecule has 2 N–H and O–H groups in total. The summed E-state index contributed by atoms with van der Waals surface area (Å²) in [5.41, 5.74) is 1.13. The first kappa shape index (κ1) is 14.8. The highest BCUT2D eigenvalue weighted by Crippen LogP contribution is 2.28. The number of halogens is 2. The van der Waals surface area contributed by atoms with E-state index in [1.807, 2.05) is 0 Å². The first-order valence-electron chi connectivity index (χ1n) is 5.47. The van der Waals surface area contributed by atoms with Crippen LogP contribution >= 0.6 is 34.5 Å². The fourth-order valence-corrected chi connectivity index (χ4v) is 2.97. The fourth-order valence-electron chi connectivity index (χ4n) is 1.56. The summed E-state index contributed by atoms with van der Waals surface area (Å²) >= 11 is 13.1. The van der Waals surface area contributed by atoms with Crippen molar-refractivity contribution in [2.45, 2.75) is 6.92 Å². The second-order valence-corrected chi connectivity index (χ2v) is 5.74. The van der Waals surface area contributed by atoms with Crippen LogP contribution in [0.5, 0.6) is 0 Å². The van der Waals surface area contributed by atoms with Gasteiger partial charge in [-0.15, -0.1) is 11.3 Å². The largest absolute Gasteiger partial charge is 0.478 e. The molecule has 2 rings (SSSR count). The van der Waals surface area contributed by atoms with Crippen LogP contribution in [0.4, 0.5) is 5.69 Å². The van der Waals surface area contributed by atoms with Crippen LogP contribution in [-0.4, -0.2) is 17.0 Å². The molecule has 1 aromatic carbocycles. The van der Waals surface area contributed by atoms with Crippen molar-refractivity contribution in [3.05, 3.63) is 49.6 Å². The van der Waals surface area contributed by atoms with Gasteiger partial charge in [0.25, 0.3) is 5.91 Å². The molecule has 0 unspecified atom stereocenters. The molecule has 0 saturated carbocycles. The molecule has 0 spiro atoms. The maximum Gasteiger partial charge on any atom is 0.335 e. The minimum atomic E-state index is -1.12. The first-order chi connectivity index (χ1) is 9.38. The smallest absolute Gasteiger partial charge is 0.335 e. The number of nitrogens with one attached hydrogen (secondary N) is 1. The topological polar surface area (TPSA) is 66.4 Å². The zero-order valence-corrected chi connectivity index (χ0v) is 12.6. The van der Waals surface area contributed by atoms with E-state index in [1.165, 1.54) is 29.5 Å². The maximum atomic E-state index is 12.1. The molecule has 0 fully saturated rings. The third kappa shape index (κ3) is 3.12. The van der Waals surface area contributed by atoms with E-state index in [-0.39, 0.29) is 10.6 Å². The lowest BCUT2D eigenvalue weighted by Crippen LogP contribution is -2.11. The predicted molar refractivity (Wildman–Crippen MR) is 80.4 cm³/mol. The quantitative estimate of drug-likeness (QED) is 0.881. The normalized spacial score (nSPS) is 10.3. The van der Waals surface area contributed by atoms with E-state index >= 15 is 0 Å². The van der Waals surface area contributed by atoms with E-state index in [9.17, 15) is 9.59 Å². The molecular weight excluding hydrogens is 321 g/mol. The molecule has 0 saturated heterocycles. The second-order valence-electron chi connectivity index (χ2n) is 4.05. The van der Waals surface area contributed by atoms with Crippen LogP contribution in [0.15, 0.2) is 23.6 Å². The Hall–Kier alpha value is -1.56. The van der Waals surface area contributed by atoms with Crippen LogP contribution in [0.1, 0.15) is 25.6 Å². The standard InChI is InChI=1S/C13H9Cl2NO3S/c1-6-5-20-11(10(6)15)12(17)16-9-3-7(13(18)19)2-8(14)4-9/h2-5H,1H3,(H,16,17)(H,18,19). The summed E-state index contributed by atoms with van der Waals surface area (Å²) in [6, 6.07) is 4.11. The predicted octanol–water partition coefficient (Wildman–Crippen LogP) is 4.31. The molecule has 0 radical (unpaired) electrons. The first-order valence-corrected chi connectivity index (χ1v) is 7.11. The number of benzene rings is 1. The molecule has 2 aromatic rings. The van der Waals surface area contributed by atoms with Crippen LogP contribution in [-0.2, 0) is 0 Å². The van der Waals surface area contributed by atoms with Gasteiger partial charge in [-0.25, -0.2) is 4.79 Å². The third-order valence-electron chi connectivity index (χ3n) is 2.51. The summed E-state index contributed by atoms with van der Waals surface area (Å²) in [7, 11) is 0. The number of aryl methyl sites for hydroxylation is 1. The van der Waals surface area contributed by atoms with E-state index in [1.54, 1.807) is 12.3 Å². The molecule has 0 aliphatic rings. The van der Waals surface area contributed by atoms with Crippen LogP contribution in [0, 0.1) is 6.92 Å². The highest BCUT2D eigenvalue weighted by atomic mass is 35.5. The molecule has 4 nitrogen and oxygen atoms in total. The number of carbonyl (C=O) groups is 2. The van der Waals surface area contributed by atoms with Gasteiger partial charge < -0.3 is 10.4 Å². The summed E-state index contributed by atoms with van der Waals surface area (Å²) < 4.78 is 0. The van der Waals surface area contributed by atoms with Gasteiger partial charge in [-0.1, -0.05) is 23.2 Å². The summed E-state index contributed by atoms with van der Waals surface area (Å²) in [5.74, 6) is -1.51. The van der Waals surface area contributed by atoms with Crippen molar-refractivity contribution in [1.82, 2.24) is 0 Å². The Morgan fingerprint density at radius 1 is 1.25 bits per heavy atom. The van der Waals surface area contributed by atoms with E-state index < -0.39 is 11.9 Å². The molecule has 7 heteroatoms. The van der Waals surface area contributed by atoms with Crippen molar-refractivity contribution in [2.24, 2.45) is 0 Å². The summed E-state index contributed by atoms with van der Waals surface area (Å²) in [4.78, 5) is 23.4. The van der Waals surface area contributed by atoms with Crippen molar-refractivity contribution in [3.63, 3.8) is 0 Å². The van der Waals surface area contributed by atoms with Crippen molar-refractivity contribution in [3.8, 4) is 0 Å². The number of carbonyl (C=O) groups excluding carboxylic acids is 1. The molecule has 1 aromatic heterocycles. The number of hydrogen-bond donors (Lipinski definition) is 2. The number of thiophene rings is 1. The Balaban J connectivity index is 2.28. The summed E-state index contributed by atoms with van der Waals surface area (Å²) in [6.45, 7) is 1.80. The van der Waals surface area contributed by atoms with Gasteiger partial charge in [0.2, 0.25) is 0 Å². The minimum Gasteiger partial charge on any atom is -0.478 e. The van der Waals surface area contributed by atoms with Crippen molar-refractivity contribution in [2.75, 3.05) is 5.32 Å². The highest BCUT2D eigenvalue weighted by Gasteiger charge is 2.15. The van der Waals surface area contributed by atoms with E-state index in [0.29, 0.717) is 15.6 Å². The summed E-state index contributed by atoms with van der Waals surface area (Å²) in [6.07, 6.45) is 0. The Kier molecular flexibility index (Phi) is 4.32. The van der Waals surface area contributed by atoms with Gasteiger partial charge in [0.05, 0.1) is 10.6 Å². The monoisotopic (exact) mass is 329 g/mol. The molecule has 0 atom stereocenters. The molecule has 20 heavy (non-hydrogen) atoms. The number of rotatable bonds is 3. The van der Waals surface area contributed by atoms with Crippen LogP contribution < -0.4 is 5.32 Å². The Labute approximate surface area is 128 Å². The van der Waals surface area contributed by atoms with Gasteiger partial charge in [0, 0.05) is 10.7 Å². The zero-order chi connectivity index (χ0) is 14.9. The molecule has 0 aliphatic carbocycles. The maximum absolute atomic E-state index is 12.1. The van der Waals surface area contributed by atoms with Gasteiger partial charge in [-0.05, 0) is 36.1 Å². The van der Waals surface area contributed by atoms with Crippen LogP contribution in [0.3, 0.4) is 0 Å². The van der Waals surface area contributed by atoms with Gasteiger partial charge in [0.15, 0.2) is 0 Å². The lowest BCUT2D eigenvalue weighted by atomic mass is 10.2. The van der Waals surface area contributed by atoms with Gasteiger partial charge >= 0.3 is 5.97 Å². The van der Waals surface area contributed by atoms with Crippen LogP contribution in [0.25, 0.3) is 0 Å². The lowest BCUT2D eigenvalue weighted by molar-refractivity contribution is 0.0696. The van der Waals surface area contributed by atoms with E-state index in [0.717, 1.165) is 5.56 Å². The number of carboxylic acids is 1. The molecule has 1 amide bonds. The zero-order valence-electron chi connectivity index (χ0n) is 10.2. The molecular formula is C13H9Cl2NO3S. The Bertz CT molecular complexity index is 697. The lowest BCUT2D eigenvalue weighted by Gasteiger charge is -2.06. The Morgan fingerprint density at radius 2 is 1.95 bits per heavy atom. The molecule has 1 heterocycles. The SMILES string of the molecule is Cc1csc(C(=O)Nc2cc(Cl)cc(C(=O)O)c2)c1Cl. The molecule has 104 valence electrons. The number of hydrogen-bond acceptors (Lipinski definition) is 3. The highest BCUT2D eigenvalue weighted by molar-refractivity contribution is 7.13. The van der Waals surface area contributed by atoms with Crippen LogP contribution in [0.2, 0.25) is 10.0 Å². The molecule has 0 aliphatic heterocycles. The number of amides is 1. The summed E-state index contributed by atoms with van der Waals surface area (Å²) in [5, 5.41) is 13.9. The van der Waals surface area contributed by atoms with Gasteiger partial charge in [-0.2, -0.15) is 0 Å². The van der Waals surface area contributed by atoms with Crippen molar-refractivity contribution in [1.29, 1.82) is 0 Å². The second kappa shape index (κ2) is 5.83. The average molecular weight is 330 g/mol. The van der Waals surface area contributed by atoms with Crippen molar-refractivity contribution < 1.29 is 14.7 Å². The van der Waals surface area contributed by atoms with Gasteiger partial charge in [0.1, 0.15) is 4.88 Å². The van der Waals surface area contributed by atoms with E-state index in [2.05, 4.69) is 5.32 Å².